The average Bonchev–Trinajstić information content (AvgIpc) is 3.07. The fourth-order valence-corrected chi connectivity index (χ4v) is 4.96. The summed E-state index contributed by atoms with van der Waals surface area (Å²) < 4.78 is 32.6. The zero-order valence-corrected chi connectivity index (χ0v) is 20.7. The Morgan fingerprint density at radius 2 is 1.77 bits per heavy atom. The normalized spacial score (nSPS) is 14.6. The predicted octanol–water partition coefficient (Wildman–Crippen LogP) is 2.55. The highest BCUT2D eigenvalue weighted by Crippen LogP contribution is 2.32. The van der Waals surface area contributed by atoms with E-state index in [4.69, 9.17) is 4.74 Å². The van der Waals surface area contributed by atoms with Gasteiger partial charge in [-0.1, -0.05) is 31.4 Å². The Labute approximate surface area is 205 Å². The first kappa shape index (κ1) is 26.1. The Morgan fingerprint density at radius 3 is 2.46 bits per heavy atom. The molecule has 1 aliphatic heterocycles. The lowest BCUT2D eigenvalue weighted by molar-refractivity contribution is -0.117. The highest BCUT2D eigenvalue weighted by atomic mass is 32.2. The second-order valence-electron chi connectivity index (χ2n) is 8.58. The number of phenolic OH excluding ortho intramolecular Hbond substituents is 2. The molecule has 1 fully saturated rings. The minimum absolute atomic E-state index is 0.0945. The first-order valence-corrected chi connectivity index (χ1v) is 12.9. The number of aromatic hydroxyl groups is 2. The number of ether oxygens (including phenoxy) is 1. The lowest BCUT2D eigenvalue weighted by Crippen LogP contribution is -2.29. The first-order chi connectivity index (χ1) is 16.6. The molecule has 190 valence electrons. The third-order valence-electron chi connectivity index (χ3n) is 5.62. The number of nitrogens with one attached hydrogen (secondary N) is 1. The van der Waals surface area contributed by atoms with Crippen LogP contribution in [0.4, 0.5) is 5.69 Å². The number of benzene rings is 2. The van der Waals surface area contributed by atoms with Gasteiger partial charge in [-0.2, -0.15) is 8.42 Å². The summed E-state index contributed by atoms with van der Waals surface area (Å²) in [5.74, 6) is -0.896. The number of hydrogen-bond acceptors (Lipinski definition) is 7. The molecular weight excluding hydrogens is 474 g/mol. The van der Waals surface area contributed by atoms with Crippen LogP contribution >= 0.6 is 0 Å². The molecule has 1 aliphatic rings. The van der Waals surface area contributed by atoms with E-state index in [2.05, 4.69) is 0 Å². The van der Waals surface area contributed by atoms with E-state index in [9.17, 15) is 28.2 Å². The van der Waals surface area contributed by atoms with Gasteiger partial charge in [0.25, 0.3) is 11.8 Å². The van der Waals surface area contributed by atoms with Crippen LogP contribution in [0.15, 0.2) is 36.4 Å². The van der Waals surface area contributed by atoms with E-state index < -0.39 is 16.1 Å². The fraction of sp³-hybridized carbons (Fsp3) is 0.417. The smallest absolute Gasteiger partial charge is 0.326 e. The summed E-state index contributed by atoms with van der Waals surface area (Å²) in [5.41, 5.74) is 1.13. The zero-order valence-electron chi connectivity index (χ0n) is 19.9. The molecule has 0 atom stereocenters. The van der Waals surface area contributed by atoms with Gasteiger partial charge in [0.2, 0.25) is 0 Å². The second kappa shape index (κ2) is 11.3. The number of hydrogen-bond donors (Lipinski definition) is 3. The van der Waals surface area contributed by atoms with E-state index in [-0.39, 0.29) is 35.2 Å². The number of carbonyl (C=O) groups excluding carboxylic acids is 2. The highest BCUT2D eigenvalue weighted by Gasteiger charge is 2.35. The maximum absolute atomic E-state index is 12.3. The highest BCUT2D eigenvalue weighted by molar-refractivity contribution is 7.92. The molecule has 0 radical (unpaired) electrons. The molecule has 1 heterocycles. The van der Waals surface area contributed by atoms with Crippen LogP contribution in [0.5, 0.6) is 17.2 Å². The minimum atomic E-state index is -3.97. The van der Waals surface area contributed by atoms with Crippen LogP contribution < -0.4 is 13.8 Å². The van der Waals surface area contributed by atoms with E-state index in [1.807, 2.05) is 4.72 Å². The number of amides is 2. The molecular formula is C24H31N3O7S. The summed E-state index contributed by atoms with van der Waals surface area (Å²) in [6.07, 6.45) is 5.23. The predicted molar refractivity (Wildman–Crippen MR) is 131 cm³/mol. The van der Waals surface area contributed by atoms with Crippen LogP contribution in [0.1, 0.15) is 48.0 Å². The van der Waals surface area contributed by atoms with Crippen LogP contribution in [0.2, 0.25) is 0 Å². The maximum Gasteiger partial charge on any atom is 0.326 e. The lowest BCUT2D eigenvalue weighted by atomic mass is 10.0. The summed E-state index contributed by atoms with van der Waals surface area (Å²) in [4.78, 5) is 25.2. The topological polar surface area (TPSA) is 136 Å². The average molecular weight is 506 g/mol. The maximum atomic E-state index is 12.3. The summed E-state index contributed by atoms with van der Waals surface area (Å²) in [6, 6.07) is 9.55. The van der Waals surface area contributed by atoms with Gasteiger partial charge in [-0.15, -0.1) is 0 Å². The Kier molecular flexibility index (Phi) is 8.44. The SMILES string of the molecule is CN(C)C(=O)c1c(O)cccc1OCCCCCCCc1ccc(O)c(N2CC(=O)NS2(=O)=O)c1. The number of nitrogens with zero attached hydrogens (tertiary/aromatic N) is 2. The van der Waals surface area contributed by atoms with Gasteiger partial charge in [-0.3, -0.25) is 9.59 Å². The fourth-order valence-electron chi connectivity index (χ4n) is 3.81. The Balaban J connectivity index is 1.42. The number of phenols is 2. The van der Waals surface area contributed by atoms with Crippen molar-refractivity contribution >= 4 is 27.7 Å². The van der Waals surface area contributed by atoms with Crippen molar-refractivity contribution in [2.45, 2.75) is 38.5 Å². The molecule has 0 saturated carbocycles. The van der Waals surface area contributed by atoms with Crippen molar-refractivity contribution in [2.24, 2.45) is 0 Å². The minimum Gasteiger partial charge on any atom is -0.507 e. The molecule has 2 aromatic carbocycles. The molecule has 0 spiro atoms. The van der Waals surface area contributed by atoms with Crippen LogP contribution in [-0.4, -0.2) is 62.6 Å². The van der Waals surface area contributed by atoms with E-state index in [0.29, 0.717) is 18.8 Å². The largest absolute Gasteiger partial charge is 0.507 e. The third kappa shape index (κ3) is 6.56. The summed E-state index contributed by atoms with van der Waals surface area (Å²) in [5, 5.41) is 20.1. The number of anilines is 1. The molecule has 35 heavy (non-hydrogen) atoms. The van der Waals surface area contributed by atoms with Crippen molar-refractivity contribution in [3.05, 3.63) is 47.5 Å². The molecule has 0 bridgehead atoms. The quantitative estimate of drug-likeness (QED) is 0.399. The molecule has 11 heteroatoms. The van der Waals surface area contributed by atoms with Crippen molar-refractivity contribution in [3.63, 3.8) is 0 Å². The summed E-state index contributed by atoms with van der Waals surface area (Å²) in [7, 11) is -0.744. The molecule has 0 unspecified atom stereocenters. The molecule has 10 nitrogen and oxygen atoms in total. The summed E-state index contributed by atoms with van der Waals surface area (Å²) >= 11 is 0. The Morgan fingerprint density at radius 1 is 1.06 bits per heavy atom. The van der Waals surface area contributed by atoms with Crippen molar-refractivity contribution < 1.29 is 33.0 Å². The van der Waals surface area contributed by atoms with Gasteiger partial charge < -0.3 is 19.8 Å². The van der Waals surface area contributed by atoms with Gasteiger partial charge in [0.1, 0.15) is 29.4 Å². The van der Waals surface area contributed by atoms with Crippen LogP contribution in [-0.2, 0) is 21.4 Å². The van der Waals surface area contributed by atoms with Gasteiger partial charge in [0.15, 0.2) is 0 Å². The number of aryl methyl sites for hydroxylation is 1. The monoisotopic (exact) mass is 505 g/mol. The molecule has 0 aliphatic carbocycles. The van der Waals surface area contributed by atoms with Crippen molar-refractivity contribution in [3.8, 4) is 17.2 Å². The van der Waals surface area contributed by atoms with Gasteiger partial charge in [0, 0.05) is 14.1 Å². The van der Waals surface area contributed by atoms with Crippen molar-refractivity contribution in [2.75, 3.05) is 31.6 Å². The molecule has 2 amide bonds. The molecule has 3 N–H and O–H groups in total. The van der Waals surface area contributed by atoms with E-state index in [1.54, 1.807) is 38.4 Å². The second-order valence-corrected chi connectivity index (χ2v) is 10.2. The third-order valence-corrected chi connectivity index (χ3v) is 7.01. The van der Waals surface area contributed by atoms with Crippen LogP contribution in [0.3, 0.4) is 0 Å². The Bertz CT molecular complexity index is 1180. The number of unbranched alkanes of at least 4 members (excludes halogenated alkanes) is 4. The lowest BCUT2D eigenvalue weighted by Gasteiger charge is -2.17. The van der Waals surface area contributed by atoms with Crippen molar-refractivity contribution in [1.29, 1.82) is 0 Å². The molecule has 1 saturated heterocycles. The number of rotatable bonds is 11. The van der Waals surface area contributed by atoms with Crippen molar-refractivity contribution in [1.82, 2.24) is 9.62 Å². The first-order valence-electron chi connectivity index (χ1n) is 11.4. The zero-order chi connectivity index (χ0) is 25.6. The molecule has 3 rings (SSSR count). The standard InChI is InChI=1S/C24H31N3O7S/c1-26(2)24(31)23-20(29)10-8-11-21(23)34-14-7-5-3-4-6-9-17-12-13-19(28)18(15-17)27-16-22(30)25-35(27,32)33/h8,10-13,15,28-29H,3-7,9,14,16H2,1-2H3,(H,25,30). The van der Waals surface area contributed by atoms with E-state index >= 15 is 0 Å². The van der Waals surface area contributed by atoms with Crippen LogP contribution in [0, 0.1) is 0 Å². The van der Waals surface area contributed by atoms with E-state index in [0.717, 1.165) is 42.0 Å². The van der Waals surface area contributed by atoms with Gasteiger partial charge in [-0.25, -0.2) is 9.03 Å². The number of carbonyl (C=O) groups is 2. The Hall–Kier alpha value is -3.47. The van der Waals surface area contributed by atoms with Gasteiger partial charge in [-0.05, 0) is 49.1 Å². The van der Waals surface area contributed by atoms with Gasteiger partial charge in [0.05, 0.1) is 12.3 Å². The van der Waals surface area contributed by atoms with E-state index in [1.165, 1.54) is 17.0 Å². The van der Waals surface area contributed by atoms with Gasteiger partial charge >= 0.3 is 10.2 Å². The molecule has 2 aromatic rings. The van der Waals surface area contributed by atoms with Crippen LogP contribution in [0.25, 0.3) is 0 Å². The summed E-state index contributed by atoms with van der Waals surface area (Å²) in [6.45, 7) is 0.0738. The molecule has 0 aromatic heterocycles.